The van der Waals surface area contributed by atoms with Crippen molar-refractivity contribution in [1.82, 2.24) is 4.98 Å². The summed E-state index contributed by atoms with van der Waals surface area (Å²) in [6.45, 7) is 0. The standard InChI is InChI=1S/C28H21NO3/c1-30-22-15-12-19(13-16-22)14-17-23-26-24(18-21-10-6-7-11-25(21)29-26)28(31-2)32-27(23)20-8-4-3-5-9-20/h3-13,15-16,18,28H,1-2H3. The zero-order valence-corrected chi connectivity index (χ0v) is 17.8. The smallest absolute Gasteiger partial charge is 0.228 e. The molecule has 1 unspecified atom stereocenters. The number of ether oxygens (including phenoxy) is 3. The third-order valence-electron chi connectivity index (χ3n) is 5.37. The van der Waals surface area contributed by atoms with E-state index in [1.165, 1.54) is 0 Å². The first-order valence-electron chi connectivity index (χ1n) is 10.3. The fraction of sp³-hybridized carbons (Fsp3) is 0.107. The molecule has 0 saturated carbocycles. The van der Waals surface area contributed by atoms with Crippen molar-refractivity contribution in [2.45, 2.75) is 6.29 Å². The van der Waals surface area contributed by atoms with Gasteiger partial charge in [-0.1, -0.05) is 60.4 Å². The lowest BCUT2D eigenvalue weighted by atomic mass is 9.96. The summed E-state index contributed by atoms with van der Waals surface area (Å²) >= 11 is 0. The second-order valence-corrected chi connectivity index (χ2v) is 7.35. The van der Waals surface area contributed by atoms with Crippen LogP contribution in [-0.4, -0.2) is 19.2 Å². The molecular formula is C28H21NO3. The van der Waals surface area contributed by atoms with E-state index >= 15 is 0 Å². The number of pyridine rings is 1. The van der Waals surface area contributed by atoms with Crippen LogP contribution in [-0.2, 0) is 9.47 Å². The molecule has 4 aromatic rings. The number of allylic oxidation sites excluding steroid dienone is 1. The molecule has 1 aromatic heterocycles. The van der Waals surface area contributed by atoms with E-state index in [0.29, 0.717) is 5.76 Å². The van der Waals surface area contributed by atoms with Crippen molar-refractivity contribution in [1.29, 1.82) is 0 Å². The summed E-state index contributed by atoms with van der Waals surface area (Å²) in [6.07, 6.45) is -0.566. The number of hydrogen-bond acceptors (Lipinski definition) is 4. The third-order valence-corrected chi connectivity index (χ3v) is 5.37. The lowest BCUT2D eigenvalue weighted by Crippen LogP contribution is -2.16. The van der Waals surface area contributed by atoms with Gasteiger partial charge in [-0.15, -0.1) is 0 Å². The van der Waals surface area contributed by atoms with Crippen molar-refractivity contribution >= 4 is 22.2 Å². The van der Waals surface area contributed by atoms with Gasteiger partial charge in [0.2, 0.25) is 6.29 Å². The Morgan fingerprint density at radius 2 is 1.59 bits per heavy atom. The van der Waals surface area contributed by atoms with Gasteiger partial charge in [-0.2, -0.15) is 0 Å². The van der Waals surface area contributed by atoms with E-state index in [9.17, 15) is 0 Å². The predicted octanol–water partition coefficient (Wildman–Crippen LogP) is 5.84. The van der Waals surface area contributed by atoms with Crippen molar-refractivity contribution in [3.63, 3.8) is 0 Å². The maximum atomic E-state index is 6.33. The molecule has 156 valence electrons. The Hall–Kier alpha value is -4.07. The van der Waals surface area contributed by atoms with E-state index < -0.39 is 6.29 Å². The summed E-state index contributed by atoms with van der Waals surface area (Å²) in [6, 6.07) is 27.7. The molecule has 1 aliphatic rings. The Kier molecular flexibility index (Phi) is 5.33. The van der Waals surface area contributed by atoms with Crippen LogP contribution in [0.25, 0.3) is 22.2 Å². The largest absolute Gasteiger partial charge is 0.497 e. The number of methoxy groups -OCH3 is 2. The molecule has 5 rings (SSSR count). The lowest BCUT2D eigenvalue weighted by molar-refractivity contribution is -0.0770. The molecule has 1 atom stereocenters. The van der Waals surface area contributed by atoms with Gasteiger partial charge in [0.15, 0.2) is 0 Å². The Balaban J connectivity index is 1.73. The maximum absolute atomic E-state index is 6.33. The molecule has 4 nitrogen and oxygen atoms in total. The highest BCUT2D eigenvalue weighted by atomic mass is 16.7. The summed E-state index contributed by atoms with van der Waals surface area (Å²) in [5.41, 5.74) is 5.09. The average molecular weight is 419 g/mol. The van der Waals surface area contributed by atoms with Gasteiger partial charge in [0.05, 0.1) is 23.9 Å². The van der Waals surface area contributed by atoms with Gasteiger partial charge in [-0.25, -0.2) is 4.98 Å². The maximum Gasteiger partial charge on any atom is 0.228 e. The molecule has 0 saturated heterocycles. The van der Waals surface area contributed by atoms with Crippen molar-refractivity contribution < 1.29 is 14.2 Å². The van der Waals surface area contributed by atoms with Crippen LogP contribution in [0.5, 0.6) is 5.75 Å². The van der Waals surface area contributed by atoms with Crippen LogP contribution in [0.1, 0.15) is 28.7 Å². The Morgan fingerprint density at radius 3 is 2.34 bits per heavy atom. The number of nitrogens with zero attached hydrogens (tertiary/aromatic N) is 1. The van der Waals surface area contributed by atoms with Crippen LogP contribution < -0.4 is 4.74 Å². The molecule has 0 fully saturated rings. The highest BCUT2D eigenvalue weighted by Crippen LogP contribution is 2.41. The Bertz CT molecular complexity index is 1360. The molecule has 32 heavy (non-hydrogen) atoms. The van der Waals surface area contributed by atoms with Crippen LogP contribution in [0.3, 0.4) is 0 Å². The number of para-hydroxylation sites is 1. The molecule has 0 amide bonds. The van der Waals surface area contributed by atoms with Crippen LogP contribution in [0.15, 0.2) is 84.9 Å². The van der Waals surface area contributed by atoms with Gasteiger partial charge < -0.3 is 14.2 Å². The topological polar surface area (TPSA) is 40.6 Å². The Labute approximate surface area is 187 Å². The van der Waals surface area contributed by atoms with Crippen LogP contribution in [0, 0.1) is 11.8 Å². The second-order valence-electron chi connectivity index (χ2n) is 7.35. The van der Waals surface area contributed by atoms with Crippen molar-refractivity contribution in [2.75, 3.05) is 14.2 Å². The van der Waals surface area contributed by atoms with Crippen molar-refractivity contribution in [3.8, 4) is 17.6 Å². The fourth-order valence-electron chi connectivity index (χ4n) is 3.75. The molecule has 1 aliphatic heterocycles. The fourth-order valence-corrected chi connectivity index (χ4v) is 3.75. The van der Waals surface area contributed by atoms with Gasteiger partial charge in [0, 0.05) is 29.2 Å². The minimum atomic E-state index is -0.566. The quantitative estimate of drug-likeness (QED) is 0.391. The summed E-state index contributed by atoms with van der Waals surface area (Å²) in [7, 11) is 3.29. The van der Waals surface area contributed by atoms with Crippen LogP contribution in [0.4, 0.5) is 0 Å². The van der Waals surface area contributed by atoms with E-state index in [1.54, 1.807) is 14.2 Å². The van der Waals surface area contributed by atoms with Crippen LogP contribution in [0.2, 0.25) is 0 Å². The van der Waals surface area contributed by atoms with Crippen molar-refractivity contribution in [2.24, 2.45) is 0 Å². The molecule has 0 radical (unpaired) electrons. The third kappa shape index (κ3) is 3.71. The molecule has 3 aromatic carbocycles. The first kappa shape index (κ1) is 19.9. The summed E-state index contributed by atoms with van der Waals surface area (Å²) in [5.74, 6) is 8.05. The van der Waals surface area contributed by atoms with E-state index in [2.05, 4.69) is 17.9 Å². The predicted molar refractivity (Wildman–Crippen MR) is 126 cm³/mol. The second kappa shape index (κ2) is 8.58. The molecule has 0 N–H and O–H groups in total. The minimum Gasteiger partial charge on any atom is -0.497 e. The summed E-state index contributed by atoms with van der Waals surface area (Å²) < 4.78 is 17.3. The Morgan fingerprint density at radius 1 is 0.844 bits per heavy atom. The monoisotopic (exact) mass is 419 g/mol. The number of aromatic nitrogens is 1. The number of fused-ring (bicyclic) bond motifs is 2. The molecule has 2 heterocycles. The van der Waals surface area contributed by atoms with E-state index in [0.717, 1.165) is 44.6 Å². The summed E-state index contributed by atoms with van der Waals surface area (Å²) in [4.78, 5) is 4.97. The highest BCUT2D eigenvalue weighted by molar-refractivity contribution is 5.98. The van der Waals surface area contributed by atoms with Gasteiger partial charge in [0.25, 0.3) is 0 Å². The molecule has 4 heteroatoms. The van der Waals surface area contributed by atoms with Gasteiger partial charge in [0.1, 0.15) is 11.5 Å². The lowest BCUT2D eigenvalue weighted by Gasteiger charge is -2.28. The van der Waals surface area contributed by atoms with Crippen molar-refractivity contribution in [3.05, 3.63) is 107 Å². The number of benzene rings is 3. The first-order chi connectivity index (χ1) is 15.8. The highest BCUT2D eigenvalue weighted by Gasteiger charge is 2.30. The zero-order valence-electron chi connectivity index (χ0n) is 17.8. The van der Waals surface area contributed by atoms with Crippen LogP contribution >= 0.6 is 0 Å². The zero-order chi connectivity index (χ0) is 21.9. The molecular weight excluding hydrogens is 398 g/mol. The first-order valence-corrected chi connectivity index (χ1v) is 10.3. The van der Waals surface area contributed by atoms with E-state index in [4.69, 9.17) is 19.2 Å². The summed E-state index contributed by atoms with van der Waals surface area (Å²) in [5, 5.41) is 1.03. The van der Waals surface area contributed by atoms with E-state index in [-0.39, 0.29) is 0 Å². The molecule has 0 aliphatic carbocycles. The van der Waals surface area contributed by atoms with E-state index in [1.807, 2.05) is 78.9 Å². The van der Waals surface area contributed by atoms with Gasteiger partial charge >= 0.3 is 0 Å². The average Bonchev–Trinajstić information content (AvgIpc) is 2.86. The molecule has 0 spiro atoms. The van der Waals surface area contributed by atoms with Gasteiger partial charge in [-0.3, -0.25) is 0 Å². The SMILES string of the molecule is COc1ccc(C#CC2=C(c3ccccc3)OC(OC)c3cc4ccccc4nc32)cc1. The molecule has 0 bridgehead atoms. The normalized spacial score (nSPS) is 14.9. The minimum absolute atomic E-state index is 0.566. The van der Waals surface area contributed by atoms with Gasteiger partial charge in [-0.05, 0) is 36.4 Å². The number of rotatable bonds is 3. The number of hydrogen-bond donors (Lipinski definition) is 0.